The standard InChI is InChI=1S/C15H24ClFN2O5S/c16-5-10(7-20)8-1-2-9-4-12(21)15(14(17)11(9)3-8)19-6-13(22)18-25(19,23)24/h8-12,14-15,20-21H,1-7H2,(H,18,22). The van der Waals surface area contributed by atoms with Crippen LogP contribution in [0.3, 0.4) is 0 Å². The molecule has 2 saturated carbocycles. The van der Waals surface area contributed by atoms with Gasteiger partial charge in [-0.2, -0.15) is 12.7 Å². The van der Waals surface area contributed by atoms with Gasteiger partial charge in [-0.1, -0.05) is 0 Å². The van der Waals surface area contributed by atoms with Crippen LogP contribution in [0.15, 0.2) is 0 Å². The fraction of sp³-hybridized carbons (Fsp3) is 0.933. The highest BCUT2D eigenvalue weighted by Crippen LogP contribution is 2.47. The van der Waals surface area contributed by atoms with E-state index in [1.54, 1.807) is 0 Å². The molecule has 7 unspecified atom stereocenters. The van der Waals surface area contributed by atoms with Crippen LogP contribution in [0, 0.1) is 23.7 Å². The Hall–Kier alpha value is -0.480. The van der Waals surface area contributed by atoms with Gasteiger partial charge in [-0.25, -0.2) is 9.11 Å². The highest BCUT2D eigenvalue weighted by molar-refractivity contribution is 7.88. The molecule has 0 spiro atoms. The molecule has 1 aliphatic heterocycles. The molecule has 144 valence electrons. The Bertz CT molecular complexity index is 617. The number of alkyl halides is 2. The maximum absolute atomic E-state index is 15.3. The number of rotatable bonds is 4. The molecule has 7 atom stereocenters. The average Bonchev–Trinajstić information content (AvgIpc) is 2.81. The van der Waals surface area contributed by atoms with Crippen molar-refractivity contribution in [3.63, 3.8) is 0 Å². The number of fused-ring (bicyclic) bond motifs is 1. The third-order valence-corrected chi connectivity index (χ3v) is 7.92. The van der Waals surface area contributed by atoms with E-state index in [2.05, 4.69) is 0 Å². The number of amides is 1. The van der Waals surface area contributed by atoms with E-state index in [4.69, 9.17) is 11.6 Å². The Morgan fingerprint density at radius 1 is 1.36 bits per heavy atom. The summed E-state index contributed by atoms with van der Waals surface area (Å²) in [5, 5.41) is 19.8. The molecule has 3 N–H and O–H groups in total. The zero-order chi connectivity index (χ0) is 18.4. The molecule has 3 rings (SSSR count). The van der Waals surface area contributed by atoms with Gasteiger partial charge >= 0.3 is 10.2 Å². The Balaban J connectivity index is 1.81. The maximum atomic E-state index is 15.3. The Morgan fingerprint density at radius 3 is 2.64 bits per heavy atom. The van der Waals surface area contributed by atoms with Gasteiger partial charge < -0.3 is 10.2 Å². The van der Waals surface area contributed by atoms with Crippen LogP contribution in [-0.2, 0) is 15.0 Å². The first kappa shape index (κ1) is 19.3. The zero-order valence-corrected chi connectivity index (χ0v) is 15.3. The van der Waals surface area contributed by atoms with E-state index in [1.807, 2.05) is 4.72 Å². The summed E-state index contributed by atoms with van der Waals surface area (Å²) in [6.45, 7) is -0.528. The fourth-order valence-electron chi connectivity index (χ4n) is 4.73. The monoisotopic (exact) mass is 398 g/mol. The number of nitrogens with one attached hydrogen (secondary N) is 1. The van der Waals surface area contributed by atoms with Crippen molar-refractivity contribution < 1.29 is 27.8 Å². The van der Waals surface area contributed by atoms with Gasteiger partial charge in [0.05, 0.1) is 18.7 Å². The van der Waals surface area contributed by atoms with Crippen LogP contribution in [0.4, 0.5) is 4.39 Å². The minimum absolute atomic E-state index is 0.0267. The molecule has 25 heavy (non-hydrogen) atoms. The summed E-state index contributed by atoms with van der Waals surface area (Å²) in [4.78, 5) is 11.4. The third kappa shape index (κ3) is 3.53. The van der Waals surface area contributed by atoms with Gasteiger partial charge in [-0.05, 0) is 49.4 Å². The van der Waals surface area contributed by atoms with Gasteiger partial charge in [0, 0.05) is 12.5 Å². The molecule has 2 aliphatic carbocycles. The second-order valence-electron chi connectivity index (χ2n) is 7.41. The molecule has 0 aromatic rings. The van der Waals surface area contributed by atoms with Crippen LogP contribution in [0.5, 0.6) is 0 Å². The molecule has 0 radical (unpaired) electrons. The van der Waals surface area contributed by atoms with E-state index in [1.165, 1.54) is 0 Å². The van der Waals surface area contributed by atoms with Crippen molar-refractivity contribution in [2.24, 2.45) is 23.7 Å². The van der Waals surface area contributed by atoms with Crippen molar-refractivity contribution in [1.29, 1.82) is 0 Å². The predicted molar refractivity (Wildman–Crippen MR) is 88.7 cm³/mol. The van der Waals surface area contributed by atoms with Crippen LogP contribution in [0.25, 0.3) is 0 Å². The van der Waals surface area contributed by atoms with Crippen LogP contribution in [0.2, 0.25) is 0 Å². The van der Waals surface area contributed by atoms with Gasteiger partial charge in [-0.15, -0.1) is 11.6 Å². The second-order valence-corrected chi connectivity index (χ2v) is 9.34. The summed E-state index contributed by atoms with van der Waals surface area (Å²) in [5.74, 6) is -0.894. The minimum atomic E-state index is -4.11. The number of aliphatic hydroxyl groups is 2. The van der Waals surface area contributed by atoms with E-state index in [9.17, 15) is 23.4 Å². The summed E-state index contributed by atoms with van der Waals surface area (Å²) in [6.07, 6.45) is -0.358. The van der Waals surface area contributed by atoms with Gasteiger partial charge in [0.15, 0.2) is 0 Å². The average molecular weight is 399 g/mol. The smallest absolute Gasteiger partial charge is 0.304 e. The molecule has 10 heteroatoms. The number of hydrogen-bond acceptors (Lipinski definition) is 5. The van der Waals surface area contributed by atoms with Crippen LogP contribution in [-0.4, -0.2) is 66.2 Å². The normalized spacial score (nSPS) is 42.6. The molecule has 1 saturated heterocycles. The molecule has 3 fully saturated rings. The molecule has 7 nitrogen and oxygen atoms in total. The first-order chi connectivity index (χ1) is 11.8. The Morgan fingerprint density at radius 2 is 2.08 bits per heavy atom. The van der Waals surface area contributed by atoms with E-state index < -0.39 is 46.9 Å². The number of halogens is 2. The molecule has 0 bridgehead atoms. The summed E-state index contributed by atoms with van der Waals surface area (Å²) in [6, 6.07) is -1.26. The van der Waals surface area contributed by atoms with Crippen LogP contribution in [0.1, 0.15) is 25.7 Å². The topological polar surface area (TPSA) is 107 Å². The highest BCUT2D eigenvalue weighted by atomic mass is 35.5. The van der Waals surface area contributed by atoms with Crippen molar-refractivity contribution in [2.75, 3.05) is 19.0 Å². The van der Waals surface area contributed by atoms with E-state index >= 15 is 4.39 Å². The Kier molecular flexibility index (Phi) is 5.60. The summed E-state index contributed by atoms with van der Waals surface area (Å²) in [7, 11) is -4.11. The molecular formula is C15H24ClFN2O5S. The molecule has 0 aromatic carbocycles. The van der Waals surface area contributed by atoms with E-state index in [0.717, 1.165) is 17.1 Å². The second kappa shape index (κ2) is 7.26. The first-order valence-corrected chi connectivity index (χ1v) is 10.6. The lowest BCUT2D eigenvalue weighted by atomic mass is 9.62. The van der Waals surface area contributed by atoms with Gasteiger partial charge in [0.1, 0.15) is 6.17 Å². The van der Waals surface area contributed by atoms with Crippen molar-refractivity contribution in [3.8, 4) is 0 Å². The third-order valence-electron chi connectivity index (χ3n) is 6.05. The van der Waals surface area contributed by atoms with Gasteiger partial charge in [0.2, 0.25) is 5.91 Å². The van der Waals surface area contributed by atoms with Crippen molar-refractivity contribution in [1.82, 2.24) is 9.03 Å². The molecule has 1 heterocycles. The zero-order valence-electron chi connectivity index (χ0n) is 13.7. The molecule has 3 aliphatic rings. The quantitative estimate of drug-likeness (QED) is 0.578. The maximum Gasteiger partial charge on any atom is 0.304 e. The summed E-state index contributed by atoms with van der Waals surface area (Å²) >= 11 is 5.89. The number of carbonyl (C=O) groups excluding carboxylic acids is 1. The Labute approximate surface area is 151 Å². The predicted octanol–water partition coefficient (Wildman–Crippen LogP) is 0.0141. The lowest BCUT2D eigenvalue weighted by Gasteiger charge is -2.48. The number of carbonyl (C=O) groups is 1. The van der Waals surface area contributed by atoms with Gasteiger partial charge in [0.25, 0.3) is 0 Å². The van der Waals surface area contributed by atoms with Crippen molar-refractivity contribution >= 4 is 27.7 Å². The van der Waals surface area contributed by atoms with Crippen LogP contribution < -0.4 is 4.72 Å². The lowest BCUT2D eigenvalue weighted by molar-refractivity contribution is -0.120. The summed E-state index contributed by atoms with van der Waals surface area (Å²) < 4.78 is 42.0. The molecular weight excluding hydrogens is 375 g/mol. The first-order valence-electron chi connectivity index (χ1n) is 8.59. The lowest BCUT2D eigenvalue weighted by Crippen LogP contribution is -2.59. The van der Waals surface area contributed by atoms with Gasteiger partial charge in [-0.3, -0.25) is 4.79 Å². The minimum Gasteiger partial charge on any atom is -0.396 e. The molecule has 1 amide bonds. The molecule has 0 aromatic heterocycles. The number of aliphatic hydroxyl groups excluding tert-OH is 2. The van der Waals surface area contributed by atoms with Crippen molar-refractivity contribution in [2.45, 2.75) is 44.0 Å². The van der Waals surface area contributed by atoms with Crippen LogP contribution >= 0.6 is 11.6 Å². The summed E-state index contributed by atoms with van der Waals surface area (Å²) in [5.41, 5.74) is 0. The largest absolute Gasteiger partial charge is 0.396 e. The van der Waals surface area contributed by atoms with E-state index in [-0.39, 0.29) is 24.4 Å². The highest BCUT2D eigenvalue weighted by Gasteiger charge is 2.54. The van der Waals surface area contributed by atoms with Crippen molar-refractivity contribution in [3.05, 3.63) is 0 Å². The number of nitrogens with zero attached hydrogens (tertiary/aromatic N) is 1. The SMILES string of the molecule is O=C1CN(C2C(O)CC3CCC(C(CO)CCl)CC3C2F)S(=O)(=O)N1. The fourth-order valence-corrected chi connectivity index (χ4v) is 6.41. The number of hydrogen-bond donors (Lipinski definition) is 3. The van der Waals surface area contributed by atoms with E-state index in [0.29, 0.717) is 18.7 Å².